The molecular formula is C21H42F6N2O7S2Si. The van der Waals surface area contributed by atoms with Gasteiger partial charge < -0.3 is 21.9 Å². The molecule has 9 nitrogen and oxygen atoms in total. The number of alkyl halides is 6. The van der Waals surface area contributed by atoms with Crippen molar-refractivity contribution in [1.82, 2.24) is 0 Å². The molecule has 1 rings (SSSR count). The zero-order valence-electron chi connectivity index (χ0n) is 24.1. The van der Waals surface area contributed by atoms with E-state index in [1.165, 1.54) is 32.4 Å². The van der Waals surface area contributed by atoms with E-state index in [1.54, 1.807) is 0 Å². The third-order valence-electron chi connectivity index (χ3n) is 4.64. The number of sulfonamides is 2. The number of likely N-dealkylation sites (tertiary alicyclic amines) is 1. The molecule has 0 radical (unpaired) electrons. The van der Waals surface area contributed by atoms with Gasteiger partial charge in [0.15, 0.2) is 20.0 Å². The fourth-order valence-corrected chi connectivity index (χ4v) is 9.75. The lowest BCUT2D eigenvalue weighted by Gasteiger charge is -2.47. The van der Waals surface area contributed by atoms with Crippen molar-refractivity contribution in [2.75, 3.05) is 26.3 Å². The predicted molar refractivity (Wildman–Crippen MR) is 136 cm³/mol. The first-order chi connectivity index (χ1) is 16.7. The zero-order valence-corrected chi connectivity index (χ0v) is 26.7. The van der Waals surface area contributed by atoms with Crippen molar-refractivity contribution in [3.8, 4) is 0 Å². The van der Waals surface area contributed by atoms with E-state index in [0.717, 1.165) is 14.8 Å². The van der Waals surface area contributed by atoms with Crippen LogP contribution < -0.4 is 0 Å². The van der Waals surface area contributed by atoms with Gasteiger partial charge in [0.25, 0.3) is 0 Å². The lowest BCUT2D eigenvalue weighted by Crippen LogP contribution is -2.67. The molecule has 1 heterocycles. The Morgan fingerprint density at radius 3 is 1.15 bits per heavy atom. The summed E-state index contributed by atoms with van der Waals surface area (Å²) in [6.45, 7) is 21.3. The first-order valence-corrected chi connectivity index (χ1v) is 16.9. The van der Waals surface area contributed by atoms with Crippen LogP contribution in [0.15, 0.2) is 0 Å². The summed E-state index contributed by atoms with van der Waals surface area (Å²) in [6, 6.07) is 0. The molecule has 1 aliphatic rings. The molecule has 0 spiro atoms. The van der Waals surface area contributed by atoms with Gasteiger partial charge >= 0.3 is 19.8 Å². The maximum Gasteiger partial charge on any atom is 0.560 e. The van der Waals surface area contributed by atoms with Crippen LogP contribution in [0.2, 0.25) is 0 Å². The maximum atomic E-state index is 11.4. The van der Waals surface area contributed by atoms with Gasteiger partial charge in [-0.05, 0) is 81.6 Å². The van der Waals surface area contributed by atoms with Gasteiger partial charge in [-0.25, -0.2) is 16.8 Å². The number of rotatable bonds is 7. The van der Waals surface area contributed by atoms with Crippen LogP contribution >= 0.6 is 0 Å². The summed E-state index contributed by atoms with van der Waals surface area (Å²) in [6.07, 6.45) is 4.74. The smallest absolute Gasteiger partial charge is 0.421 e. The van der Waals surface area contributed by atoms with Gasteiger partial charge in [-0.2, -0.15) is 26.3 Å². The molecule has 0 N–H and O–H groups in total. The summed E-state index contributed by atoms with van der Waals surface area (Å²) in [5.74, 6) is 0. The van der Waals surface area contributed by atoms with Crippen molar-refractivity contribution in [1.29, 1.82) is 0 Å². The number of nitrogens with zero attached hydrogens (tertiary/aromatic N) is 2. The summed E-state index contributed by atoms with van der Waals surface area (Å²) in [5.41, 5.74) is -13.3. The van der Waals surface area contributed by atoms with Crippen LogP contribution in [0.1, 0.15) is 81.6 Å². The average Bonchev–Trinajstić information content (AvgIpc) is 2.54. The van der Waals surface area contributed by atoms with Crippen molar-refractivity contribution in [2.45, 2.75) is 109 Å². The van der Waals surface area contributed by atoms with E-state index in [4.69, 9.17) is 13.3 Å². The van der Waals surface area contributed by atoms with E-state index >= 15 is 0 Å². The molecule has 1 saturated heterocycles. The largest absolute Gasteiger partial charge is 0.560 e. The highest BCUT2D eigenvalue weighted by molar-refractivity contribution is 8.13. The zero-order chi connectivity index (χ0) is 31.6. The number of halogens is 6. The Morgan fingerprint density at radius 2 is 0.923 bits per heavy atom. The second-order valence-electron chi connectivity index (χ2n) is 12.5. The lowest BCUT2D eigenvalue weighted by molar-refractivity contribution is -0.906. The molecule has 0 aromatic rings. The predicted octanol–water partition coefficient (Wildman–Crippen LogP) is 5.60. The highest BCUT2D eigenvalue weighted by atomic mass is 32.3. The van der Waals surface area contributed by atoms with Crippen LogP contribution in [0.3, 0.4) is 0 Å². The lowest BCUT2D eigenvalue weighted by atomic mass is 10.1. The number of hydrogen-bond donors (Lipinski definition) is 0. The number of hydrogen-bond acceptors (Lipinski definition) is 7. The molecule has 0 unspecified atom stereocenters. The van der Waals surface area contributed by atoms with E-state index in [2.05, 4.69) is 69.4 Å². The standard InChI is InChI=1S/C19H42NO3Si.C2F6NO4S2/c1-17(2,3)21-24(22-18(4,5)6,23-19(7,8)9)16-20(10)14-12-11-13-15-20;3-1(4,5)14(10,11)9-15(12,13)2(6,7)8/h11-16H2,1-10H3;/q+1;-1. The third kappa shape index (κ3) is 14.3. The molecule has 0 aliphatic carbocycles. The fourth-order valence-electron chi connectivity index (χ4n) is 3.67. The van der Waals surface area contributed by atoms with Gasteiger partial charge in [0.1, 0.15) is 6.17 Å². The molecule has 0 aromatic heterocycles. The summed E-state index contributed by atoms with van der Waals surface area (Å²) in [4.78, 5) is 0. The highest BCUT2D eigenvalue weighted by Crippen LogP contribution is 2.36. The normalized spacial score (nSPS) is 18.4. The Bertz CT molecular complexity index is 925. The summed E-state index contributed by atoms with van der Waals surface area (Å²) < 4.78 is 130. The van der Waals surface area contributed by atoms with Gasteiger partial charge in [-0.1, -0.05) is 0 Å². The van der Waals surface area contributed by atoms with Crippen LogP contribution in [-0.2, 0) is 33.3 Å². The van der Waals surface area contributed by atoms with Crippen molar-refractivity contribution >= 4 is 28.9 Å². The SMILES string of the molecule is CC(C)(C)O[Si](C[N+]1(C)CCCCC1)(OC(C)(C)C)OC(C)(C)C.O=S(=O)([N-]S(=O)(=O)C(F)(F)F)C(F)(F)F. The van der Waals surface area contributed by atoms with Crippen molar-refractivity contribution < 1.29 is 60.9 Å². The molecular weight excluding hydrogens is 598 g/mol. The number of piperidine rings is 1. The summed E-state index contributed by atoms with van der Waals surface area (Å²) >= 11 is 0. The Labute approximate surface area is 229 Å². The van der Waals surface area contributed by atoms with E-state index in [-0.39, 0.29) is 16.8 Å². The van der Waals surface area contributed by atoms with Gasteiger partial charge in [0.2, 0.25) is 0 Å². The van der Waals surface area contributed by atoms with Crippen LogP contribution in [0.4, 0.5) is 26.3 Å². The molecule has 236 valence electrons. The Hall–Kier alpha value is -0.503. The monoisotopic (exact) mass is 640 g/mol. The Kier molecular flexibility index (Phi) is 12.2. The van der Waals surface area contributed by atoms with Crippen molar-refractivity contribution in [3.63, 3.8) is 0 Å². The molecule has 0 saturated carbocycles. The first kappa shape index (κ1) is 38.5. The molecule has 0 aromatic carbocycles. The minimum absolute atomic E-state index is 0.294. The van der Waals surface area contributed by atoms with Crippen LogP contribution in [0.25, 0.3) is 4.13 Å². The minimum Gasteiger partial charge on any atom is -0.421 e. The first-order valence-electron chi connectivity index (χ1n) is 12.0. The molecule has 0 atom stereocenters. The van der Waals surface area contributed by atoms with Gasteiger partial charge in [0, 0.05) is 0 Å². The minimum atomic E-state index is -6.72. The summed E-state index contributed by atoms with van der Waals surface area (Å²) in [7, 11) is -14.0. The molecule has 0 amide bonds. The summed E-state index contributed by atoms with van der Waals surface area (Å²) in [5, 5.41) is 0. The highest BCUT2D eigenvalue weighted by Gasteiger charge is 2.56. The van der Waals surface area contributed by atoms with E-state index in [0.29, 0.717) is 0 Å². The molecule has 0 bridgehead atoms. The van der Waals surface area contributed by atoms with Crippen LogP contribution in [0, 0.1) is 0 Å². The number of quaternary nitrogens is 1. The molecule has 18 heteroatoms. The van der Waals surface area contributed by atoms with Crippen LogP contribution in [0.5, 0.6) is 0 Å². The molecule has 1 aliphatic heterocycles. The van der Waals surface area contributed by atoms with Crippen molar-refractivity contribution in [2.24, 2.45) is 0 Å². The average molecular weight is 641 g/mol. The second-order valence-corrected chi connectivity index (χ2v) is 18.2. The van der Waals surface area contributed by atoms with Gasteiger partial charge in [-0.15, -0.1) is 0 Å². The van der Waals surface area contributed by atoms with Crippen LogP contribution in [-0.4, -0.2) is 84.2 Å². The topological polar surface area (TPSA) is 110 Å². The van der Waals surface area contributed by atoms with Crippen molar-refractivity contribution in [3.05, 3.63) is 4.13 Å². The van der Waals surface area contributed by atoms with E-state index < -0.39 is 39.9 Å². The second kappa shape index (κ2) is 12.4. The Balaban J connectivity index is 0.000000830. The molecule has 39 heavy (non-hydrogen) atoms. The Morgan fingerprint density at radius 1 is 0.641 bits per heavy atom. The molecule has 1 fully saturated rings. The maximum absolute atomic E-state index is 11.4. The third-order valence-corrected chi connectivity index (χ3v) is 11.3. The fraction of sp³-hybridized carbons (Fsp3) is 1.00. The van der Waals surface area contributed by atoms with Gasteiger partial charge in [-0.3, -0.25) is 0 Å². The van der Waals surface area contributed by atoms with E-state index in [1.807, 2.05) is 0 Å². The quantitative estimate of drug-likeness (QED) is 0.202. The van der Waals surface area contributed by atoms with Gasteiger partial charge in [0.05, 0.1) is 36.9 Å². The van der Waals surface area contributed by atoms with E-state index in [9.17, 15) is 43.2 Å².